The number of hydrogen-bond acceptors (Lipinski definition) is 2. The van der Waals surface area contributed by atoms with Crippen molar-refractivity contribution < 1.29 is 9.47 Å². The minimum atomic E-state index is 0.325. The fourth-order valence-electron chi connectivity index (χ4n) is 1.62. The molecule has 16 heavy (non-hydrogen) atoms. The van der Waals surface area contributed by atoms with Crippen molar-refractivity contribution in [3.05, 3.63) is 29.3 Å². The molecule has 3 heteroatoms. The first-order valence-electron chi connectivity index (χ1n) is 5.66. The summed E-state index contributed by atoms with van der Waals surface area (Å²) in [6.45, 7) is 3.17. The molecule has 0 heterocycles. The number of benzene rings is 1. The topological polar surface area (TPSA) is 18.5 Å². The van der Waals surface area contributed by atoms with Gasteiger partial charge in [0, 0.05) is 5.56 Å². The summed E-state index contributed by atoms with van der Waals surface area (Å²) in [5.74, 6) is 2.11. The molecular formula is C13H17ClO2. The van der Waals surface area contributed by atoms with Gasteiger partial charge in [-0.2, -0.15) is 0 Å². The summed E-state index contributed by atoms with van der Waals surface area (Å²) in [7, 11) is 0. The highest BCUT2D eigenvalue weighted by Crippen LogP contribution is 2.29. The summed E-state index contributed by atoms with van der Waals surface area (Å²) in [5.41, 5.74) is 2.13. The first-order valence-corrected chi connectivity index (χ1v) is 6.19. The molecule has 1 aliphatic rings. The van der Waals surface area contributed by atoms with E-state index in [-0.39, 0.29) is 0 Å². The van der Waals surface area contributed by atoms with Crippen LogP contribution in [0.15, 0.2) is 18.2 Å². The lowest BCUT2D eigenvalue weighted by molar-refractivity contribution is 0.00920. The van der Waals surface area contributed by atoms with E-state index >= 15 is 0 Å². The fraction of sp³-hybridized carbons (Fsp3) is 0.538. The van der Waals surface area contributed by atoms with Gasteiger partial charge in [0.05, 0.1) is 12.5 Å². The van der Waals surface area contributed by atoms with E-state index in [0.717, 1.165) is 29.4 Å². The molecule has 0 saturated heterocycles. The van der Waals surface area contributed by atoms with E-state index in [1.165, 1.54) is 12.8 Å². The number of para-hydroxylation sites is 1. The van der Waals surface area contributed by atoms with Gasteiger partial charge in [-0.15, -0.1) is 11.6 Å². The maximum atomic E-state index is 5.86. The van der Waals surface area contributed by atoms with E-state index in [9.17, 15) is 0 Å². The van der Waals surface area contributed by atoms with Crippen LogP contribution in [0.3, 0.4) is 0 Å². The molecule has 1 aromatic rings. The Morgan fingerprint density at radius 3 is 2.88 bits per heavy atom. The molecule has 88 valence electrons. The van der Waals surface area contributed by atoms with Crippen molar-refractivity contribution in [2.75, 3.05) is 13.4 Å². The highest BCUT2D eigenvalue weighted by atomic mass is 35.5. The van der Waals surface area contributed by atoms with E-state index in [1.807, 2.05) is 25.1 Å². The first kappa shape index (κ1) is 11.7. The lowest BCUT2D eigenvalue weighted by atomic mass is 10.1. The van der Waals surface area contributed by atoms with E-state index in [1.54, 1.807) is 0 Å². The monoisotopic (exact) mass is 240 g/mol. The highest BCUT2D eigenvalue weighted by molar-refractivity contribution is 6.17. The van der Waals surface area contributed by atoms with Gasteiger partial charge in [-0.05, 0) is 31.2 Å². The normalized spacial score (nSPS) is 15.1. The van der Waals surface area contributed by atoms with Gasteiger partial charge in [0.1, 0.15) is 5.75 Å². The summed E-state index contributed by atoms with van der Waals surface area (Å²) >= 11 is 5.86. The quantitative estimate of drug-likeness (QED) is 0.431. The van der Waals surface area contributed by atoms with Crippen molar-refractivity contribution in [2.45, 2.75) is 25.6 Å². The van der Waals surface area contributed by atoms with Gasteiger partial charge < -0.3 is 9.47 Å². The summed E-state index contributed by atoms with van der Waals surface area (Å²) in [5, 5.41) is 0. The van der Waals surface area contributed by atoms with Crippen LogP contribution in [0.4, 0.5) is 0 Å². The van der Waals surface area contributed by atoms with Crippen LogP contribution in [0, 0.1) is 12.8 Å². The second-order valence-electron chi connectivity index (χ2n) is 4.27. The molecule has 1 aromatic carbocycles. The van der Waals surface area contributed by atoms with Gasteiger partial charge in [-0.1, -0.05) is 18.2 Å². The number of rotatable bonds is 6. The Balaban J connectivity index is 1.86. The third-order valence-electron chi connectivity index (χ3n) is 2.77. The molecule has 0 aliphatic heterocycles. The van der Waals surface area contributed by atoms with Crippen LogP contribution < -0.4 is 4.74 Å². The lowest BCUT2D eigenvalue weighted by Gasteiger charge is -2.12. The third kappa shape index (κ3) is 3.13. The molecule has 1 saturated carbocycles. The van der Waals surface area contributed by atoms with E-state index in [2.05, 4.69) is 0 Å². The minimum Gasteiger partial charge on any atom is -0.467 e. The molecule has 1 aliphatic carbocycles. The fourth-order valence-corrected chi connectivity index (χ4v) is 1.84. The third-order valence-corrected chi connectivity index (χ3v) is 3.06. The maximum Gasteiger partial charge on any atom is 0.189 e. The van der Waals surface area contributed by atoms with Gasteiger partial charge in [0.15, 0.2) is 6.79 Å². The number of hydrogen-bond donors (Lipinski definition) is 0. The number of halogens is 1. The Labute approximate surface area is 102 Å². The van der Waals surface area contributed by atoms with Crippen LogP contribution >= 0.6 is 11.6 Å². The van der Waals surface area contributed by atoms with Crippen LogP contribution in [-0.2, 0) is 10.6 Å². The zero-order chi connectivity index (χ0) is 11.4. The maximum absolute atomic E-state index is 5.86. The molecule has 0 N–H and O–H groups in total. The molecule has 2 nitrogen and oxygen atoms in total. The van der Waals surface area contributed by atoms with Crippen molar-refractivity contribution >= 4 is 11.6 Å². The molecule has 0 aromatic heterocycles. The second-order valence-corrected chi connectivity index (χ2v) is 4.54. The van der Waals surface area contributed by atoms with Crippen LogP contribution in [0.1, 0.15) is 24.0 Å². The second kappa shape index (κ2) is 5.55. The van der Waals surface area contributed by atoms with E-state index in [0.29, 0.717) is 12.7 Å². The Kier molecular flexibility index (Phi) is 4.08. The molecule has 0 spiro atoms. The van der Waals surface area contributed by atoms with E-state index < -0.39 is 0 Å². The Bertz CT molecular complexity index is 348. The average molecular weight is 241 g/mol. The van der Waals surface area contributed by atoms with Gasteiger partial charge in [0.25, 0.3) is 0 Å². The van der Waals surface area contributed by atoms with E-state index in [4.69, 9.17) is 21.1 Å². The van der Waals surface area contributed by atoms with Crippen LogP contribution in [-0.4, -0.2) is 13.4 Å². The Hall–Kier alpha value is -0.730. The van der Waals surface area contributed by atoms with Gasteiger partial charge in [-0.25, -0.2) is 0 Å². The molecule has 0 radical (unpaired) electrons. The summed E-state index contributed by atoms with van der Waals surface area (Å²) in [6, 6.07) is 5.99. The standard InChI is InChI=1S/C13H17ClO2/c1-10-3-2-4-12(7-14)13(10)16-9-15-8-11-5-6-11/h2-4,11H,5-9H2,1H3. The zero-order valence-corrected chi connectivity index (χ0v) is 10.3. The van der Waals surface area contributed by atoms with Crippen LogP contribution in [0.5, 0.6) is 5.75 Å². The Morgan fingerprint density at radius 2 is 2.19 bits per heavy atom. The largest absolute Gasteiger partial charge is 0.467 e. The predicted molar refractivity (Wildman–Crippen MR) is 64.9 cm³/mol. The van der Waals surface area contributed by atoms with Crippen molar-refractivity contribution in [3.8, 4) is 5.75 Å². The molecule has 0 bridgehead atoms. The van der Waals surface area contributed by atoms with Gasteiger partial charge in [-0.3, -0.25) is 0 Å². The average Bonchev–Trinajstić information content (AvgIpc) is 3.09. The molecule has 1 fully saturated rings. The molecule has 2 rings (SSSR count). The van der Waals surface area contributed by atoms with Crippen molar-refractivity contribution in [2.24, 2.45) is 5.92 Å². The smallest absolute Gasteiger partial charge is 0.189 e. The minimum absolute atomic E-state index is 0.325. The summed E-state index contributed by atoms with van der Waals surface area (Å²) in [6.07, 6.45) is 2.61. The highest BCUT2D eigenvalue weighted by Gasteiger charge is 2.21. The van der Waals surface area contributed by atoms with Crippen molar-refractivity contribution in [1.82, 2.24) is 0 Å². The van der Waals surface area contributed by atoms with Crippen LogP contribution in [0.25, 0.3) is 0 Å². The SMILES string of the molecule is Cc1cccc(CCl)c1OCOCC1CC1. The Morgan fingerprint density at radius 1 is 1.38 bits per heavy atom. The molecule has 0 amide bonds. The van der Waals surface area contributed by atoms with Crippen molar-refractivity contribution in [1.29, 1.82) is 0 Å². The summed E-state index contributed by atoms with van der Waals surface area (Å²) in [4.78, 5) is 0. The molecule has 0 atom stereocenters. The first-order chi connectivity index (χ1) is 7.81. The van der Waals surface area contributed by atoms with Crippen molar-refractivity contribution in [3.63, 3.8) is 0 Å². The zero-order valence-electron chi connectivity index (χ0n) is 9.54. The summed E-state index contributed by atoms with van der Waals surface area (Å²) < 4.78 is 11.1. The number of ether oxygens (including phenoxy) is 2. The lowest BCUT2D eigenvalue weighted by Crippen LogP contribution is -2.07. The van der Waals surface area contributed by atoms with Gasteiger partial charge in [0.2, 0.25) is 0 Å². The number of alkyl halides is 1. The number of aryl methyl sites for hydroxylation is 1. The predicted octanol–water partition coefficient (Wildman–Crippen LogP) is 3.50. The molecular weight excluding hydrogens is 224 g/mol. The van der Waals surface area contributed by atoms with Gasteiger partial charge >= 0.3 is 0 Å². The van der Waals surface area contributed by atoms with Crippen LogP contribution in [0.2, 0.25) is 0 Å². The molecule has 0 unspecified atom stereocenters.